The molecule has 1 saturated heterocycles. The Labute approximate surface area is 112 Å². The summed E-state index contributed by atoms with van der Waals surface area (Å²) >= 11 is 5.18. The number of nitrogens with zero attached hydrogens (tertiary/aromatic N) is 1. The zero-order chi connectivity index (χ0) is 13.1. The number of hydrogen-bond acceptors (Lipinski definition) is 4. The van der Waals surface area contributed by atoms with Crippen LogP contribution in [0, 0.1) is 0 Å². The molecule has 98 valence electrons. The van der Waals surface area contributed by atoms with Crippen molar-refractivity contribution in [3.8, 4) is 11.5 Å². The van der Waals surface area contributed by atoms with E-state index in [4.69, 9.17) is 22.7 Å². The van der Waals surface area contributed by atoms with Gasteiger partial charge in [0.05, 0.1) is 18.1 Å². The largest absolute Gasteiger partial charge is 0.504 e. The number of phenolic OH excluding ortho intramolecular Hbond substituents is 1. The summed E-state index contributed by atoms with van der Waals surface area (Å²) in [5.74, 6) is 0.581. The molecule has 0 amide bonds. The number of rotatable bonds is 4. The van der Waals surface area contributed by atoms with E-state index in [1.165, 1.54) is 20.0 Å². The first-order valence-electron chi connectivity index (χ1n) is 6.03. The van der Waals surface area contributed by atoms with Gasteiger partial charge in [0.15, 0.2) is 11.5 Å². The quantitative estimate of drug-likeness (QED) is 0.814. The topological polar surface area (TPSA) is 58.7 Å². The summed E-state index contributed by atoms with van der Waals surface area (Å²) in [5, 5.41) is 9.62. The Balaban J connectivity index is 2.33. The Morgan fingerprint density at radius 3 is 2.67 bits per heavy atom. The maximum atomic E-state index is 9.62. The first kappa shape index (κ1) is 13.1. The summed E-state index contributed by atoms with van der Waals surface area (Å²) in [6, 6.07) is 5.20. The van der Waals surface area contributed by atoms with Crippen LogP contribution >= 0.6 is 12.2 Å². The average Bonchev–Trinajstić information content (AvgIpc) is 2.84. The van der Waals surface area contributed by atoms with Gasteiger partial charge in [-0.2, -0.15) is 0 Å². The van der Waals surface area contributed by atoms with Crippen molar-refractivity contribution in [3.05, 3.63) is 23.8 Å². The van der Waals surface area contributed by atoms with Gasteiger partial charge in [0, 0.05) is 0 Å². The Bertz CT molecular complexity index is 445. The van der Waals surface area contributed by atoms with Crippen molar-refractivity contribution in [2.75, 3.05) is 20.2 Å². The minimum Gasteiger partial charge on any atom is -0.504 e. The van der Waals surface area contributed by atoms with Crippen LogP contribution in [0.2, 0.25) is 0 Å². The lowest BCUT2D eigenvalue weighted by Crippen LogP contribution is -2.34. The van der Waals surface area contributed by atoms with Crippen LogP contribution < -0.4 is 10.5 Å². The highest BCUT2D eigenvalue weighted by Crippen LogP contribution is 2.32. The number of ether oxygens (including phenoxy) is 1. The summed E-state index contributed by atoms with van der Waals surface area (Å²) < 4.78 is 5.13. The van der Waals surface area contributed by atoms with Crippen LogP contribution in [-0.4, -0.2) is 35.2 Å². The zero-order valence-electron chi connectivity index (χ0n) is 10.4. The number of aromatic hydroxyl groups is 1. The van der Waals surface area contributed by atoms with Gasteiger partial charge in [-0.15, -0.1) is 0 Å². The highest BCUT2D eigenvalue weighted by molar-refractivity contribution is 7.80. The number of hydrogen-bond donors (Lipinski definition) is 2. The molecule has 2 rings (SSSR count). The van der Waals surface area contributed by atoms with E-state index in [0.717, 1.165) is 18.7 Å². The third-order valence-electron chi connectivity index (χ3n) is 3.29. The fourth-order valence-corrected chi connectivity index (χ4v) is 2.70. The van der Waals surface area contributed by atoms with Crippen LogP contribution in [0.25, 0.3) is 0 Å². The van der Waals surface area contributed by atoms with Crippen LogP contribution in [0.3, 0.4) is 0 Å². The maximum absolute atomic E-state index is 9.62. The summed E-state index contributed by atoms with van der Waals surface area (Å²) in [7, 11) is 1.53. The molecule has 1 aliphatic heterocycles. The maximum Gasteiger partial charge on any atom is 0.160 e. The van der Waals surface area contributed by atoms with E-state index in [0.29, 0.717) is 10.7 Å². The molecule has 1 aromatic carbocycles. The fraction of sp³-hybridized carbons (Fsp3) is 0.462. The third-order valence-corrected chi connectivity index (χ3v) is 3.52. The third kappa shape index (κ3) is 2.57. The Hall–Kier alpha value is -1.33. The normalized spacial score (nSPS) is 17.6. The van der Waals surface area contributed by atoms with Gasteiger partial charge in [-0.25, -0.2) is 0 Å². The number of nitrogens with two attached hydrogens (primary N) is 1. The van der Waals surface area contributed by atoms with Crippen molar-refractivity contribution in [1.82, 2.24) is 4.90 Å². The molecule has 0 radical (unpaired) electrons. The van der Waals surface area contributed by atoms with Crippen molar-refractivity contribution < 1.29 is 9.84 Å². The summed E-state index contributed by atoms with van der Waals surface area (Å²) in [5.41, 5.74) is 6.84. The van der Waals surface area contributed by atoms with E-state index in [9.17, 15) is 5.11 Å². The molecule has 0 saturated carbocycles. The highest BCUT2D eigenvalue weighted by atomic mass is 32.1. The molecule has 4 nitrogen and oxygen atoms in total. The van der Waals surface area contributed by atoms with E-state index >= 15 is 0 Å². The zero-order valence-corrected chi connectivity index (χ0v) is 11.2. The number of phenols is 1. The van der Waals surface area contributed by atoms with E-state index in [2.05, 4.69) is 4.90 Å². The monoisotopic (exact) mass is 266 g/mol. The van der Waals surface area contributed by atoms with Gasteiger partial charge in [-0.05, 0) is 43.6 Å². The van der Waals surface area contributed by atoms with Crippen molar-refractivity contribution in [2.45, 2.75) is 18.9 Å². The van der Waals surface area contributed by atoms with Gasteiger partial charge in [-0.1, -0.05) is 18.3 Å². The van der Waals surface area contributed by atoms with E-state index in [1.54, 1.807) is 12.1 Å². The minimum atomic E-state index is -0.0722. The molecule has 1 aromatic rings. The molecular formula is C13H18N2O2S. The van der Waals surface area contributed by atoms with Gasteiger partial charge < -0.3 is 15.6 Å². The van der Waals surface area contributed by atoms with E-state index < -0.39 is 0 Å². The average molecular weight is 266 g/mol. The second-order valence-electron chi connectivity index (χ2n) is 4.48. The first-order chi connectivity index (χ1) is 8.63. The van der Waals surface area contributed by atoms with E-state index in [1.807, 2.05) is 6.07 Å². The van der Waals surface area contributed by atoms with Gasteiger partial charge in [0.25, 0.3) is 0 Å². The van der Waals surface area contributed by atoms with Crippen LogP contribution in [-0.2, 0) is 0 Å². The molecule has 1 atom stereocenters. The lowest BCUT2D eigenvalue weighted by atomic mass is 10.0. The minimum absolute atomic E-state index is 0.0722. The van der Waals surface area contributed by atoms with Crippen molar-refractivity contribution >= 4 is 17.2 Å². The number of likely N-dealkylation sites (tertiary alicyclic amines) is 1. The Kier molecular flexibility index (Phi) is 4.04. The first-order valence-corrected chi connectivity index (χ1v) is 6.44. The SMILES string of the molecule is COc1cc(C(C(N)=S)N2CCCC2)ccc1O. The smallest absolute Gasteiger partial charge is 0.160 e. The van der Waals surface area contributed by atoms with Crippen LogP contribution in [0.15, 0.2) is 18.2 Å². The molecule has 5 heteroatoms. The molecule has 0 aromatic heterocycles. The second kappa shape index (κ2) is 5.54. The summed E-state index contributed by atoms with van der Waals surface area (Å²) in [6.07, 6.45) is 2.35. The van der Waals surface area contributed by atoms with Gasteiger partial charge in [0.1, 0.15) is 0 Å². The molecule has 0 bridgehead atoms. The number of benzene rings is 1. The molecular weight excluding hydrogens is 248 g/mol. The predicted molar refractivity (Wildman–Crippen MR) is 75.0 cm³/mol. The van der Waals surface area contributed by atoms with Crippen molar-refractivity contribution in [2.24, 2.45) is 5.73 Å². The lowest BCUT2D eigenvalue weighted by Gasteiger charge is -2.27. The lowest BCUT2D eigenvalue weighted by molar-refractivity contribution is 0.303. The second-order valence-corrected chi connectivity index (χ2v) is 4.95. The van der Waals surface area contributed by atoms with Crippen molar-refractivity contribution in [1.29, 1.82) is 0 Å². The number of methoxy groups -OCH3 is 1. The van der Waals surface area contributed by atoms with Crippen molar-refractivity contribution in [3.63, 3.8) is 0 Å². The molecule has 1 unspecified atom stereocenters. The van der Waals surface area contributed by atoms with Crippen LogP contribution in [0.1, 0.15) is 24.4 Å². The van der Waals surface area contributed by atoms with Crippen LogP contribution in [0.4, 0.5) is 0 Å². The van der Waals surface area contributed by atoms with Gasteiger partial charge >= 0.3 is 0 Å². The molecule has 1 aliphatic rings. The molecule has 18 heavy (non-hydrogen) atoms. The molecule has 0 spiro atoms. The summed E-state index contributed by atoms with van der Waals surface area (Å²) in [4.78, 5) is 2.73. The molecule has 1 heterocycles. The number of thiocarbonyl (C=S) groups is 1. The Morgan fingerprint density at radius 2 is 2.11 bits per heavy atom. The standard InChI is InChI=1S/C13H18N2O2S/c1-17-11-8-9(4-5-10(11)16)12(13(14)18)15-6-2-3-7-15/h4-5,8,12,16H,2-3,6-7H2,1H3,(H2,14,18). The highest BCUT2D eigenvalue weighted by Gasteiger charge is 2.26. The summed E-state index contributed by atoms with van der Waals surface area (Å²) in [6.45, 7) is 2.01. The molecule has 3 N–H and O–H groups in total. The van der Waals surface area contributed by atoms with Gasteiger partial charge in [-0.3, -0.25) is 4.90 Å². The van der Waals surface area contributed by atoms with Crippen LogP contribution in [0.5, 0.6) is 11.5 Å². The molecule has 1 fully saturated rings. The Morgan fingerprint density at radius 1 is 1.44 bits per heavy atom. The fourth-order valence-electron chi connectivity index (χ4n) is 2.42. The predicted octanol–water partition coefficient (Wildman–Crippen LogP) is 1.82. The van der Waals surface area contributed by atoms with E-state index in [-0.39, 0.29) is 11.8 Å². The van der Waals surface area contributed by atoms with Gasteiger partial charge in [0.2, 0.25) is 0 Å². The molecule has 0 aliphatic carbocycles.